The maximum atomic E-state index is 13.5. The van der Waals surface area contributed by atoms with Gasteiger partial charge in [-0.05, 0) is 32.8 Å². The largest absolute Gasteiger partial charge is 0.460 e. The summed E-state index contributed by atoms with van der Waals surface area (Å²) >= 11 is 0. The Bertz CT molecular complexity index is 1490. The average Bonchev–Trinajstić information content (AvgIpc) is 3.08. The number of sulfonamides is 1. The van der Waals surface area contributed by atoms with Crippen LogP contribution < -0.4 is 16.1 Å². The van der Waals surface area contributed by atoms with E-state index in [9.17, 15) is 22.8 Å². The maximum Gasteiger partial charge on any atom is 0.339 e. The Balaban J connectivity index is 2.06. The van der Waals surface area contributed by atoms with E-state index in [1.165, 1.54) is 16.5 Å². The summed E-state index contributed by atoms with van der Waals surface area (Å²) in [5.41, 5.74) is 5.38. The number of nitrogen functional groups attached to an aromatic ring is 1. The summed E-state index contributed by atoms with van der Waals surface area (Å²) in [7, 11) is -2.31. The highest BCUT2D eigenvalue weighted by atomic mass is 32.2. The Kier molecular flexibility index (Phi) is 8.44. The van der Waals surface area contributed by atoms with Crippen LogP contribution in [0.5, 0.6) is 0 Å². The summed E-state index contributed by atoms with van der Waals surface area (Å²) in [6.45, 7) is 6.93. The first kappa shape index (κ1) is 28.6. The maximum absolute atomic E-state index is 13.5. The van der Waals surface area contributed by atoms with Crippen LogP contribution in [0.4, 0.5) is 16.6 Å². The van der Waals surface area contributed by atoms with Crippen LogP contribution in [0.3, 0.4) is 0 Å². The number of hydrogen-bond acceptors (Lipinski definition) is 9. The van der Waals surface area contributed by atoms with E-state index in [2.05, 4.69) is 14.7 Å². The van der Waals surface area contributed by atoms with E-state index in [-0.39, 0.29) is 48.2 Å². The van der Waals surface area contributed by atoms with Crippen molar-refractivity contribution in [3.05, 3.63) is 46.4 Å². The number of esters is 1. The monoisotopic (exact) mass is 547 g/mol. The topological polar surface area (TPSA) is 172 Å². The standard InChI is InChI=1S/C24H33N7O6S/c1-6-14-38(35,36)28-21-26-19(25)18-20(27-21)30(15-16-10-8-7-9-11-16)23(34)31(18)22(33)29(5)13-12-17(32)37-24(2,3)4/h7-11H,6,12-15H2,1-5H3,(H3,25,26,27,28). The third-order valence-electron chi connectivity index (χ3n) is 5.29. The Morgan fingerprint density at radius 3 is 2.42 bits per heavy atom. The van der Waals surface area contributed by atoms with Crippen molar-refractivity contribution in [3.63, 3.8) is 0 Å². The van der Waals surface area contributed by atoms with E-state index in [1.54, 1.807) is 52.0 Å². The Labute approximate surface area is 220 Å². The third-order valence-corrected chi connectivity index (χ3v) is 6.73. The van der Waals surface area contributed by atoms with Crippen molar-refractivity contribution in [2.75, 3.05) is 29.8 Å². The second kappa shape index (κ2) is 11.2. The highest BCUT2D eigenvalue weighted by Crippen LogP contribution is 2.21. The molecule has 0 aliphatic rings. The van der Waals surface area contributed by atoms with E-state index in [0.717, 1.165) is 10.1 Å². The van der Waals surface area contributed by atoms with Crippen molar-refractivity contribution in [1.82, 2.24) is 24.0 Å². The molecule has 2 aromatic heterocycles. The fourth-order valence-electron chi connectivity index (χ4n) is 3.68. The predicted octanol–water partition coefficient (Wildman–Crippen LogP) is 2.01. The van der Waals surface area contributed by atoms with Crippen molar-refractivity contribution in [1.29, 1.82) is 0 Å². The van der Waals surface area contributed by atoms with E-state index >= 15 is 0 Å². The molecule has 0 bridgehead atoms. The van der Waals surface area contributed by atoms with Gasteiger partial charge in [-0.1, -0.05) is 37.3 Å². The molecule has 0 saturated carbocycles. The first-order valence-electron chi connectivity index (χ1n) is 12.0. The lowest BCUT2D eigenvalue weighted by Crippen LogP contribution is -2.39. The highest BCUT2D eigenvalue weighted by molar-refractivity contribution is 7.92. The van der Waals surface area contributed by atoms with Gasteiger partial charge in [0, 0.05) is 13.6 Å². The van der Waals surface area contributed by atoms with Crippen molar-refractivity contribution in [3.8, 4) is 0 Å². The number of nitrogens with zero attached hydrogens (tertiary/aromatic N) is 5. The van der Waals surface area contributed by atoms with Gasteiger partial charge in [0.05, 0.1) is 18.7 Å². The number of nitrogens with two attached hydrogens (primary N) is 1. The van der Waals surface area contributed by atoms with Crippen LogP contribution >= 0.6 is 0 Å². The summed E-state index contributed by atoms with van der Waals surface area (Å²) in [4.78, 5) is 48.5. The van der Waals surface area contributed by atoms with E-state index < -0.39 is 33.3 Å². The molecule has 0 unspecified atom stereocenters. The van der Waals surface area contributed by atoms with Gasteiger partial charge in [-0.2, -0.15) is 9.97 Å². The second-order valence-corrected chi connectivity index (χ2v) is 11.6. The van der Waals surface area contributed by atoms with Crippen LogP contribution in [0.25, 0.3) is 11.2 Å². The first-order chi connectivity index (χ1) is 17.7. The minimum atomic E-state index is -3.75. The number of carbonyl (C=O) groups is 2. The van der Waals surface area contributed by atoms with Gasteiger partial charge in [0.25, 0.3) is 0 Å². The molecular weight excluding hydrogens is 514 g/mol. The van der Waals surface area contributed by atoms with Crippen molar-refractivity contribution in [2.24, 2.45) is 0 Å². The fourth-order valence-corrected chi connectivity index (χ4v) is 4.69. The number of rotatable bonds is 9. The molecule has 1 aromatic carbocycles. The minimum Gasteiger partial charge on any atom is -0.460 e. The van der Waals surface area contributed by atoms with Crippen LogP contribution in [-0.2, 0) is 26.1 Å². The molecule has 13 nitrogen and oxygen atoms in total. The Hall–Kier alpha value is -3.94. The Morgan fingerprint density at radius 2 is 1.82 bits per heavy atom. The van der Waals surface area contributed by atoms with Crippen LogP contribution in [-0.4, -0.2) is 69.4 Å². The smallest absolute Gasteiger partial charge is 0.339 e. The summed E-state index contributed by atoms with van der Waals surface area (Å²) in [6, 6.07) is 8.23. The summed E-state index contributed by atoms with van der Waals surface area (Å²) < 4.78 is 34.2. The molecule has 206 valence electrons. The number of fused-ring (bicyclic) bond motifs is 1. The molecule has 0 atom stereocenters. The zero-order valence-corrected chi connectivity index (χ0v) is 22.9. The van der Waals surface area contributed by atoms with Gasteiger partial charge in [-0.3, -0.25) is 14.1 Å². The lowest BCUT2D eigenvalue weighted by molar-refractivity contribution is -0.154. The summed E-state index contributed by atoms with van der Waals surface area (Å²) in [5, 5.41) is 0. The van der Waals surface area contributed by atoms with Gasteiger partial charge >= 0.3 is 17.7 Å². The molecule has 0 aliphatic heterocycles. The van der Waals surface area contributed by atoms with Crippen molar-refractivity contribution in [2.45, 2.75) is 52.7 Å². The number of hydrogen-bond donors (Lipinski definition) is 2. The lowest BCUT2D eigenvalue weighted by Gasteiger charge is -2.21. The Morgan fingerprint density at radius 1 is 1.16 bits per heavy atom. The number of anilines is 2. The van der Waals surface area contributed by atoms with E-state index in [0.29, 0.717) is 6.42 Å². The average molecular weight is 548 g/mol. The zero-order valence-electron chi connectivity index (χ0n) is 22.1. The van der Waals surface area contributed by atoms with Gasteiger partial charge in [-0.15, -0.1) is 0 Å². The van der Waals surface area contributed by atoms with Gasteiger partial charge in [0.15, 0.2) is 11.5 Å². The second-order valence-electron chi connectivity index (χ2n) is 9.76. The number of carbonyl (C=O) groups excluding carboxylic acids is 2. The third kappa shape index (κ3) is 6.88. The molecule has 0 saturated heterocycles. The highest BCUT2D eigenvalue weighted by Gasteiger charge is 2.27. The van der Waals surface area contributed by atoms with E-state index in [4.69, 9.17) is 10.5 Å². The number of benzene rings is 1. The van der Waals surface area contributed by atoms with Crippen LogP contribution in [0.2, 0.25) is 0 Å². The van der Waals surface area contributed by atoms with Crippen LogP contribution in [0.1, 0.15) is 46.1 Å². The number of nitrogens with one attached hydrogen (secondary N) is 1. The number of amides is 1. The number of aromatic nitrogens is 4. The van der Waals surface area contributed by atoms with Crippen molar-refractivity contribution < 1.29 is 22.7 Å². The summed E-state index contributed by atoms with van der Waals surface area (Å²) in [6.07, 6.45) is 0.276. The van der Waals surface area contributed by atoms with Gasteiger partial charge in [0.1, 0.15) is 11.1 Å². The number of ether oxygens (including phenoxy) is 1. The zero-order chi connectivity index (χ0) is 28.3. The van der Waals surface area contributed by atoms with Crippen molar-refractivity contribution >= 4 is 45.0 Å². The molecule has 0 fully saturated rings. The molecule has 14 heteroatoms. The minimum absolute atomic E-state index is 0.0190. The molecule has 3 N–H and O–H groups in total. The van der Waals surface area contributed by atoms with Crippen LogP contribution in [0.15, 0.2) is 35.1 Å². The molecular formula is C24H33N7O6S. The van der Waals surface area contributed by atoms with Gasteiger partial charge in [-0.25, -0.2) is 22.6 Å². The SMILES string of the molecule is CCCS(=O)(=O)Nc1nc(N)c2c(n1)n(Cc1ccccc1)c(=O)n2C(=O)N(C)CCC(=O)OC(C)(C)C. The molecule has 1 amide bonds. The molecule has 0 spiro atoms. The predicted molar refractivity (Wildman–Crippen MR) is 143 cm³/mol. The van der Waals surface area contributed by atoms with Gasteiger partial charge < -0.3 is 15.4 Å². The fraction of sp³-hybridized carbons (Fsp3) is 0.458. The van der Waals surface area contributed by atoms with Gasteiger partial charge in [0.2, 0.25) is 16.0 Å². The summed E-state index contributed by atoms with van der Waals surface area (Å²) in [5.74, 6) is -1.23. The van der Waals surface area contributed by atoms with Crippen LogP contribution in [0, 0.1) is 0 Å². The quantitative estimate of drug-likeness (QED) is 0.380. The molecule has 38 heavy (non-hydrogen) atoms. The molecule has 0 radical (unpaired) electrons. The number of imidazole rings is 1. The molecule has 2 heterocycles. The molecule has 3 rings (SSSR count). The molecule has 3 aromatic rings. The first-order valence-corrected chi connectivity index (χ1v) is 13.7. The molecule has 0 aliphatic carbocycles. The normalized spacial score (nSPS) is 11.9. The van der Waals surface area contributed by atoms with E-state index in [1.807, 2.05) is 6.07 Å². The lowest BCUT2D eigenvalue weighted by atomic mass is 10.2.